The summed E-state index contributed by atoms with van der Waals surface area (Å²) < 4.78 is 5.03. The molecule has 0 saturated carbocycles. The Hall–Kier alpha value is -1.78. The highest BCUT2D eigenvalue weighted by Crippen LogP contribution is 2.27. The van der Waals surface area contributed by atoms with Gasteiger partial charge in [0.25, 0.3) is 5.91 Å². The van der Waals surface area contributed by atoms with Gasteiger partial charge in [-0.05, 0) is 30.3 Å². The van der Waals surface area contributed by atoms with E-state index in [1.807, 2.05) is 0 Å². The Bertz CT molecular complexity index is 617. The van der Waals surface area contributed by atoms with Crippen LogP contribution in [0.1, 0.15) is 10.5 Å². The molecule has 1 aromatic heterocycles. The summed E-state index contributed by atoms with van der Waals surface area (Å²) in [6.45, 7) is 0. The molecule has 0 aliphatic rings. The Labute approximate surface area is 120 Å². The van der Waals surface area contributed by atoms with E-state index < -0.39 is 0 Å². The lowest BCUT2D eigenvalue weighted by molar-refractivity contribution is 0.102. The SMILES string of the molecule is COc1ccc(NC(=O)c2cccc(Cl)n2)cc1Cl. The molecule has 0 fully saturated rings. The molecule has 4 nitrogen and oxygen atoms in total. The third kappa shape index (κ3) is 3.36. The molecule has 19 heavy (non-hydrogen) atoms. The number of anilines is 1. The summed E-state index contributed by atoms with van der Waals surface area (Å²) in [5, 5.41) is 3.36. The van der Waals surface area contributed by atoms with Crippen LogP contribution >= 0.6 is 23.2 Å². The van der Waals surface area contributed by atoms with Crippen LogP contribution in [0.5, 0.6) is 5.75 Å². The third-order valence-electron chi connectivity index (χ3n) is 2.36. The van der Waals surface area contributed by atoms with Crippen molar-refractivity contribution in [1.29, 1.82) is 0 Å². The van der Waals surface area contributed by atoms with E-state index in [0.717, 1.165) is 0 Å². The average molecular weight is 297 g/mol. The van der Waals surface area contributed by atoms with Crippen molar-refractivity contribution in [3.05, 3.63) is 52.3 Å². The second kappa shape index (κ2) is 5.91. The van der Waals surface area contributed by atoms with Gasteiger partial charge in [0.05, 0.1) is 12.1 Å². The molecule has 98 valence electrons. The number of nitrogens with one attached hydrogen (secondary N) is 1. The van der Waals surface area contributed by atoms with Gasteiger partial charge in [0, 0.05) is 5.69 Å². The monoisotopic (exact) mass is 296 g/mol. The van der Waals surface area contributed by atoms with Crippen molar-refractivity contribution < 1.29 is 9.53 Å². The lowest BCUT2D eigenvalue weighted by atomic mass is 10.2. The Morgan fingerprint density at radius 3 is 2.68 bits per heavy atom. The first kappa shape index (κ1) is 13.6. The molecular weight excluding hydrogens is 287 g/mol. The van der Waals surface area contributed by atoms with Crippen molar-refractivity contribution in [2.24, 2.45) is 0 Å². The number of carbonyl (C=O) groups excluding carboxylic acids is 1. The van der Waals surface area contributed by atoms with E-state index >= 15 is 0 Å². The highest BCUT2D eigenvalue weighted by atomic mass is 35.5. The number of pyridine rings is 1. The van der Waals surface area contributed by atoms with Crippen LogP contribution in [0.15, 0.2) is 36.4 Å². The van der Waals surface area contributed by atoms with Crippen LogP contribution in [0.4, 0.5) is 5.69 Å². The Balaban J connectivity index is 2.17. The summed E-state index contributed by atoms with van der Waals surface area (Å²) in [4.78, 5) is 15.8. The van der Waals surface area contributed by atoms with Crippen LogP contribution in [-0.4, -0.2) is 18.0 Å². The number of aromatic nitrogens is 1. The van der Waals surface area contributed by atoms with E-state index in [1.54, 1.807) is 36.4 Å². The fourth-order valence-corrected chi connectivity index (χ4v) is 1.90. The van der Waals surface area contributed by atoms with Crippen LogP contribution in [0.2, 0.25) is 10.2 Å². The zero-order chi connectivity index (χ0) is 13.8. The molecule has 0 unspecified atom stereocenters. The number of benzene rings is 1. The number of rotatable bonds is 3. The number of hydrogen-bond acceptors (Lipinski definition) is 3. The zero-order valence-corrected chi connectivity index (χ0v) is 11.5. The van der Waals surface area contributed by atoms with Crippen molar-refractivity contribution in [1.82, 2.24) is 4.98 Å². The maximum Gasteiger partial charge on any atom is 0.274 e. The van der Waals surface area contributed by atoms with E-state index in [1.165, 1.54) is 7.11 Å². The van der Waals surface area contributed by atoms with Gasteiger partial charge in [-0.3, -0.25) is 4.79 Å². The highest BCUT2D eigenvalue weighted by molar-refractivity contribution is 6.32. The van der Waals surface area contributed by atoms with Crippen LogP contribution in [-0.2, 0) is 0 Å². The summed E-state index contributed by atoms with van der Waals surface area (Å²) in [6, 6.07) is 9.79. The zero-order valence-electron chi connectivity index (χ0n) is 9.98. The van der Waals surface area contributed by atoms with Gasteiger partial charge in [0.1, 0.15) is 16.6 Å². The Morgan fingerprint density at radius 1 is 1.26 bits per heavy atom. The van der Waals surface area contributed by atoms with Gasteiger partial charge in [0.2, 0.25) is 0 Å². The number of carbonyl (C=O) groups is 1. The first-order chi connectivity index (χ1) is 9.10. The van der Waals surface area contributed by atoms with Crippen LogP contribution in [0, 0.1) is 0 Å². The predicted octanol–water partition coefficient (Wildman–Crippen LogP) is 3.65. The lowest BCUT2D eigenvalue weighted by Crippen LogP contribution is -2.13. The van der Waals surface area contributed by atoms with Gasteiger partial charge in [-0.15, -0.1) is 0 Å². The summed E-state index contributed by atoms with van der Waals surface area (Å²) in [6.07, 6.45) is 0. The third-order valence-corrected chi connectivity index (χ3v) is 2.86. The average Bonchev–Trinajstić information content (AvgIpc) is 2.39. The van der Waals surface area contributed by atoms with Crippen LogP contribution in [0.25, 0.3) is 0 Å². The van der Waals surface area contributed by atoms with Crippen molar-refractivity contribution >= 4 is 34.8 Å². The molecule has 0 aliphatic heterocycles. The van der Waals surface area contributed by atoms with Crippen molar-refractivity contribution in [2.45, 2.75) is 0 Å². The molecule has 6 heteroatoms. The fourth-order valence-electron chi connectivity index (χ4n) is 1.47. The Kier molecular flexibility index (Phi) is 4.24. The van der Waals surface area contributed by atoms with Gasteiger partial charge in [0.15, 0.2) is 0 Å². The number of halogens is 2. The summed E-state index contributed by atoms with van der Waals surface area (Å²) in [7, 11) is 1.52. The molecule has 1 aromatic carbocycles. The van der Waals surface area contributed by atoms with Gasteiger partial charge in [-0.1, -0.05) is 29.3 Å². The number of ether oxygens (including phenoxy) is 1. The van der Waals surface area contributed by atoms with Crippen molar-refractivity contribution in [2.75, 3.05) is 12.4 Å². The number of hydrogen-bond donors (Lipinski definition) is 1. The van der Waals surface area contributed by atoms with Crippen LogP contribution < -0.4 is 10.1 Å². The molecule has 2 rings (SSSR count). The summed E-state index contributed by atoms with van der Waals surface area (Å²) in [5.41, 5.74) is 0.789. The highest BCUT2D eigenvalue weighted by Gasteiger charge is 2.09. The second-order valence-corrected chi connectivity index (χ2v) is 4.44. The first-order valence-electron chi connectivity index (χ1n) is 5.37. The Morgan fingerprint density at radius 2 is 2.05 bits per heavy atom. The topological polar surface area (TPSA) is 51.2 Å². The van der Waals surface area contributed by atoms with E-state index in [4.69, 9.17) is 27.9 Å². The van der Waals surface area contributed by atoms with Gasteiger partial charge < -0.3 is 10.1 Å². The standard InChI is InChI=1S/C13H10Cl2N2O2/c1-19-11-6-5-8(7-9(11)14)16-13(18)10-3-2-4-12(15)17-10/h2-7H,1H3,(H,16,18). The van der Waals surface area contributed by atoms with Crippen molar-refractivity contribution in [3.63, 3.8) is 0 Å². The fraction of sp³-hybridized carbons (Fsp3) is 0.0769. The minimum atomic E-state index is -0.358. The van der Waals surface area contributed by atoms with E-state index in [0.29, 0.717) is 16.5 Å². The number of methoxy groups -OCH3 is 1. The summed E-state index contributed by atoms with van der Waals surface area (Å²) >= 11 is 11.7. The molecule has 1 heterocycles. The lowest BCUT2D eigenvalue weighted by Gasteiger charge is -2.07. The molecule has 2 aromatic rings. The van der Waals surface area contributed by atoms with Crippen molar-refractivity contribution in [3.8, 4) is 5.75 Å². The molecular formula is C13H10Cl2N2O2. The smallest absolute Gasteiger partial charge is 0.274 e. The maximum absolute atomic E-state index is 11.9. The van der Waals surface area contributed by atoms with E-state index in [-0.39, 0.29) is 16.8 Å². The number of nitrogens with zero attached hydrogens (tertiary/aromatic N) is 1. The minimum absolute atomic E-state index is 0.236. The molecule has 0 saturated heterocycles. The molecule has 0 atom stereocenters. The minimum Gasteiger partial charge on any atom is -0.495 e. The quantitative estimate of drug-likeness (QED) is 0.880. The molecule has 0 aliphatic carbocycles. The molecule has 1 N–H and O–H groups in total. The summed E-state index contributed by atoms with van der Waals surface area (Å²) in [5.74, 6) is 0.185. The van der Waals surface area contributed by atoms with Crippen LogP contribution in [0.3, 0.4) is 0 Å². The first-order valence-corrected chi connectivity index (χ1v) is 6.13. The van der Waals surface area contributed by atoms with Gasteiger partial charge in [-0.2, -0.15) is 0 Å². The largest absolute Gasteiger partial charge is 0.495 e. The van der Waals surface area contributed by atoms with E-state index in [9.17, 15) is 4.79 Å². The second-order valence-electron chi connectivity index (χ2n) is 3.65. The van der Waals surface area contributed by atoms with Gasteiger partial charge in [-0.25, -0.2) is 4.98 Å². The normalized spacial score (nSPS) is 10.1. The van der Waals surface area contributed by atoms with E-state index in [2.05, 4.69) is 10.3 Å². The predicted molar refractivity (Wildman–Crippen MR) is 75.2 cm³/mol. The molecule has 0 radical (unpaired) electrons. The molecule has 0 bridgehead atoms. The van der Waals surface area contributed by atoms with Gasteiger partial charge >= 0.3 is 0 Å². The number of amides is 1. The molecule has 1 amide bonds. The maximum atomic E-state index is 11.9. The molecule has 0 spiro atoms.